The Kier molecular flexibility index (Phi) is 15.3. The van der Waals surface area contributed by atoms with E-state index in [4.69, 9.17) is 4.74 Å². The van der Waals surface area contributed by atoms with E-state index in [-0.39, 0.29) is 42.5 Å². The van der Waals surface area contributed by atoms with E-state index < -0.39 is 11.9 Å². The van der Waals surface area contributed by atoms with Gasteiger partial charge in [0.25, 0.3) is 11.8 Å². The van der Waals surface area contributed by atoms with Crippen molar-refractivity contribution in [2.24, 2.45) is 5.92 Å². The Morgan fingerprint density at radius 3 is 2.42 bits per heavy atom. The molecule has 2 N–H and O–H groups in total. The number of benzene rings is 1. The molecule has 3 saturated heterocycles. The maximum absolute atomic E-state index is 13.3. The molecule has 1 aromatic carbocycles. The fraction of sp³-hybridized carbons (Fsp3) is 0.489. The number of carbonyl (C=O) groups is 6. The number of pyridine rings is 2. The van der Waals surface area contributed by atoms with Gasteiger partial charge in [-0.2, -0.15) is 0 Å². The van der Waals surface area contributed by atoms with Crippen LogP contribution in [0.25, 0.3) is 6.08 Å². The fourth-order valence-electron chi connectivity index (χ4n) is 8.73. The number of likely N-dealkylation sites (tertiary alicyclic amines) is 1. The summed E-state index contributed by atoms with van der Waals surface area (Å²) in [4.78, 5) is 91.7. The van der Waals surface area contributed by atoms with Crippen LogP contribution < -0.4 is 20.3 Å². The number of nitrogens with zero attached hydrogens (tertiary/aromatic N) is 6. The molecule has 3 fully saturated rings. The van der Waals surface area contributed by atoms with Gasteiger partial charge in [0.1, 0.15) is 17.6 Å². The molecule has 15 heteroatoms. The molecule has 7 rings (SSSR count). The van der Waals surface area contributed by atoms with Crippen molar-refractivity contribution in [3.63, 3.8) is 0 Å². The topological polar surface area (TPSA) is 174 Å². The van der Waals surface area contributed by atoms with E-state index in [0.717, 1.165) is 87.8 Å². The average Bonchev–Trinajstić information content (AvgIpc) is 3.64. The summed E-state index contributed by atoms with van der Waals surface area (Å²) in [5.74, 6) is 1.16. The third-order valence-electron chi connectivity index (χ3n) is 12.4. The third-order valence-corrected chi connectivity index (χ3v) is 12.4. The second kappa shape index (κ2) is 21.6. The minimum Gasteiger partial charge on any atom is -0.493 e. The second-order valence-corrected chi connectivity index (χ2v) is 16.6. The largest absolute Gasteiger partial charge is 0.493 e. The highest BCUT2D eigenvalue weighted by atomic mass is 16.5. The molecule has 0 radical (unpaired) electrons. The van der Waals surface area contributed by atoms with Crippen LogP contribution in [0.3, 0.4) is 0 Å². The van der Waals surface area contributed by atoms with E-state index in [1.54, 1.807) is 36.8 Å². The first kappa shape index (κ1) is 44.0. The standard InChI is InChI=1S/C47H58N8O7/c56-42(18-14-35-10-8-22-48-31-35)49-23-5-4-9-34-20-24-54(25-21-34)46(60)36-15-17-41(50-32-36)52-26-28-53(29-27-52)44(58)13-3-1-2-6-30-62-40-12-7-11-37-38(40)33-55(47(37)61)39-16-19-43(57)51-45(39)59/h7-8,10-12,14-15,17-18,22,31-32,34,39H,1-6,9,13,16,19-21,23-30,33H2,(H,49,56)(H,51,57,59)/b18-14+. The summed E-state index contributed by atoms with van der Waals surface area (Å²) >= 11 is 0. The van der Waals surface area contributed by atoms with Crippen molar-refractivity contribution in [1.82, 2.24) is 35.3 Å². The minimum atomic E-state index is -0.661. The highest BCUT2D eigenvalue weighted by Gasteiger charge is 2.40. The molecular formula is C47H58N8O7. The maximum atomic E-state index is 13.3. The zero-order chi connectivity index (χ0) is 43.3. The molecule has 0 spiro atoms. The van der Waals surface area contributed by atoms with Crippen LogP contribution in [0.1, 0.15) is 109 Å². The van der Waals surface area contributed by atoms with Crippen LogP contribution >= 0.6 is 0 Å². The number of amides is 6. The number of carbonyl (C=O) groups excluding carboxylic acids is 6. The van der Waals surface area contributed by atoms with Crippen LogP contribution in [-0.4, -0.2) is 119 Å². The minimum absolute atomic E-state index is 0.0182. The van der Waals surface area contributed by atoms with E-state index in [1.807, 2.05) is 40.1 Å². The molecule has 6 amide bonds. The lowest BCUT2D eigenvalue weighted by atomic mass is 9.91. The number of fused-ring (bicyclic) bond motifs is 1. The Bertz CT molecular complexity index is 2080. The van der Waals surface area contributed by atoms with E-state index in [1.165, 1.54) is 11.0 Å². The van der Waals surface area contributed by atoms with Crippen LogP contribution in [0.5, 0.6) is 5.75 Å². The molecule has 3 aromatic rings. The van der Waals surface area contributed by atoms with E-state index in [0.29, 0.717) is 75.0 Å². The van der Waals surface area contributed by atoms with Gasteiger partial charge in [0, 0.05) is 94.4 Å². The highest BCUT2D eigenvalue weighted by molar-refractivity contribution is 6.05. The summed E-state index contributed by atoms with van der Waals surface area (Å²) in [6, 6.07) is 12.2. The lowest BCUT2D eigenvalue weighted by molar-refractivity contribution is -0.137. The van der Waals surface area contributed by atoms with Gasteiger partial charge in [-0.15, -0.1) is 0 Å². The van der Waals surface area contributed by atoms with Crippen molar-refractivity contribution < 1.29 is 33.5 Å². The van der Waals surface area contributed by atoms with Crippen molar-refractivity contribution in [3.8, 4) is 5.75 Å². The Hall–Kier alpha value is -6.12. The van der Waals surface area contributed by atoms with Gasteiger partial charge < -0.3 is 29.7 Å². The van der Waals surface area contributed by atoms with Crippen molar-refractivity contribution >= 4 is 47.3 Å². The van der Waals surface area contributed by atoms with Gasteiger partial charge in [0.05, 0.1) is 18.7 Å². The Morgan fingerprint density at radius 1 is 0.839 bits per heavy atom. The summed E-state index contributed by atoms with van der Waals surface area (Å²) in [7, 11) is 0. The predicted octanol–water partition coefficient (Wildman–Crippen LogP) is 4.77. The molecule has 1 atom stereocenters. The molecule has 0 bridgehead atoms. The predicted molar refractivity (Wildman–Crippen MR) is 233 cm³/mol. The smallest absolute Gasteiger partial charge is 0.255 e. The normalized spacial score (nSPS) is 18.3. The van der Waals surface area contributed by atoms with Gasteiger partial charge in [0.15, 0.2) is 0 Å². The van der Waals surface area contributed by atoms with E-state index in [9.17, 15) is 28.8 Å². The quantitative estimate of drug-likeness (QED) is 0.103. The van der Waals surface area contributed by atoms with Crippen LogP contribution in [0.4, 0.5) is 5.82 Å². The molecule has 6 heterocycles. The summed E-state index contributed by atoms with van der Waals surface area (Å²) in [5.41, 5.74) is 2.79. The first-order valence-electron chi connectivity index (χ1n) is 22.3. The molecule has 4 aliphatic heterocycles. The number of hydrogen-bond donors (Lipinski definition) is 2. The number of hydrogen-bond acceptors (Lipinski definition) is 10. The molecule has 2 aromatic heterocycles. The molecule has 1 unspecified atom stereocenters. The van der Waals surface area contributed by atoms with Gasteiger partial charge in [-0.3, -0.25) is 39.1 Å². The maximum Gasteiger partial charge on any atom is 0.255 e. The summed E-state index contributed by atoms with van der Waals surface area (Å²) in [5, 5.41) is 5.28. The first-order valence-corrected chi connectivity index (χ1v) is 22.3. The second-order valence-electron chi connectivity index (χ2n) is 16.6. The zero-order valence-corrected chi connectivity index (χ0v) is 35.5. The molecule has 0 saturated carbocycles. The number of piperidine rings is 2. The average molecular weight is 847 g/mol. The number of piperazine rings is 1. The monoisotopic (exact) mass is 846 g/mol. The lowest BCUT2D eigenvalue weighted by Gasteiger charge is -2.35. The fourth-order valence-corrected chi connectivity index (χ4v) is 8.73. The van der Waals surface area contributed by atoms with Crippen molar-refractivity contribution in [2.45, 2.75) is 89.6 Å². The van der Waals surface area contributed by atoms with Crippen molar-refractivity contribution in [3.05, 3.63) is 89.4 Å². The number of unbranched alkanes of at least 4 members (excludes halogenated alkanes) is 4. The third kappa shape index (κ3) is 11.6. The number of aromatic nitrogens is 2. The molecule has 4 aliphatic rings. The van der Waals surface area contributed by atoms with Gasteiger partial charge in [-0.1, -0.05) is 37.8 Å². The summed E-state index contributed by atoms with van der Waals surface area (Å²) in [6.07, 6.45) is 17.9. The van der Waals surface area contributed by atoms with E-state index in [2.05, 4.69) is 25.5 Å². The van der Waals surface area contributed by atoms with Gasteiger partial charge >= 0.3 is 0 Å². The molecule has 0 aliphatic carbocycles. The summed E-state index contributed by atoms with van der Waals surface area (Å²) < 4.78 is 6.08. The van der Waals surface area contributed by atoms with Crippen LogP contribution in [0, 0.1) is 5.92 Å². The Labute approximate surface area is 363 Å². The zero-order valence-electron chi connectivity index (χ0n) is 35.5. The molecule has 328 valence electrons. The van der Waals surface area contributed by atoms with Crippen molar-refractivity contribution in [1.29, 1.82) is 0 Å². The molecule has 62 heavy (non-hydrogen) atoms. The number of imide groups is 1. The van der Waals surface area contributed by atoms with Crippen molar-refractivity contribution in [2.75, 3.05) is 57.3 Å². The number of anilines is 1. The van der Waals surface area contributed by atoms with Gasteiger partial charge in [-0.05, 0) is 86.4 Å². The molecular weight excluding hydrogens is 789 g/mol. The molecule has 15 nitrogen and oxygen atoms in total. The van der Waals surface area contributed by atoms with Crippen LogP contribution in [-0.2, 0) is 25.7 Å². The number of ether oxygens (including phenoxy) is 1. The van der Waals surface area contributed by atoms with Gasteiger partial charge in [0.2, 0.25) is 23.6 Å². The van der Waals surface area contributed by atoms with Gasteiger partial charge in [-0.25, -0.2) is 4.98 Å². The number of nitrogens with one attached hydrogen (secondary N) is 2. The first-order chi connectivity index (χ1) is 30.2. The van der Waals surface area contributed by atoms with Crippen LogP contribution in [0.15, 0.2) is 67.1 Å². The van der Waals surface area contributed by atoms with E-state index >= 15 is 0 Å². The Morgan fingerprint density at radius 2 is 1.66 bits per heavy atom. The van der Waals surface area contributed by atoms with Crippen LogP contribution in [0.2, 0.25) is 0 Å². The highest BCUT2D eigenvalue weighted by Crippen LogP contribution is 2.34. The lowest BCUT2D eigenvalue weighted by Crippen LogP contribution is -2.52. The number of rotatable bonds is 18. The summed E-state index contributed by atoms with van der Waals surface area (Å²) in [6.45, 7) is 5.52. The Balaban J connectivity index is 0.726. The SMILES string of the molecule is O=C(/C=C/c1cccnc1)NCCCCC1CCN(C(=O)c2ccc(N3CCN(C(=O)CCCCCCOc4cccc5c4CN(C4CCC(=O)NC4=O)C5=O)CC3)nc2)CC1.